The van der Waals surface area contributed by atoms with E-state index in [1.165, 1.54) is 11.3 Å². The lowest BCUT2D eigenvalue weighted by Crippen LogP contribution is -2.38. The number of ether oxygens (including phenoxy) is 1. The van der Waals surface area contributed by atoms with Crippen molar-refractivity contribution < 1.29 is 9.53 Å². The highest BCUT2D eigenvalue weighted by Gasteiger charge is 2.26. The molecular formula is C24H16Cl2N2O2S. The fourth-order valence-electron chi connectivity index (χ4n) is 3.52. The standard InChI is InChI=1S/C24H16Cl2N2O2S/c25-17-5-3-4-15(10-17)12-28-21-11-16(8-9-22(21)30-13-23(28)29)20-14-31-24(27-20)18-6-1-2-7-19(18)26/h1-11,14H,12-13H2. The smallest absolute Gasteiger partial charge is 0.265 e. The molecule has 0 bridgehead atoms. The number of hydrogen-bond donors (Lipinski definition) is 0. The lowest BCUT2D eigenvalue weighted by molar-refractivity contribution is -0.121. The second-order valence-corrected chi connectivity index (χ2v) is 8.80. The summed E-state index contributed by atoms with van der Waals surface area (Å²) in [5.41, 5.74) is 4.31. The van der Waals surface area contributed by atoms with Crippen LogP contribution in [0.25, 0.3) is 21.8 Å². The van der Waals surface area contributed by atoms with Crippen LogP contribution in [0.15, 0.2) is 72.1 Å². The van der Waals surface area contributed by atoms with Crippen LogP contribution in [-0.2, 0) is 11.3 Å². The molecule has 0 saturated heterocycles. The van der Waals surface area contributed by atoms with Crippen molar-refractivity contribution in [2.45, 2.75) is 6.54 Å². The molecule has 154 valence electrons. The Bertz CT molecular complexity index is 1290. The van der Waals surface area contributed by atoms with Crippen molar-refractivity contribution in [2.24, 2.45) is 0 Å². The maximum Gasteiger partial charge on any atom is 0.265 e. The number of rotatable bonds is 4. The second-order valence-electron chi connectivity index (χ2n) is 7.10. The first-order valence-corrected chi connectivity index (χ1v) is 11.2. The van der Waals surface area contributed by atoms with Crippen molar-refractivity contribution >= 4 is 46.1 Å². The predicted molar refractivity (Wildman–Crippen MR) is 126 cm³/mol. The first kappa shape index (κ1) is 20.1. The van der Waals surface area contributed by atoms with Gasteiger partial charge >= 0.3 is 0 Å². The largest absolute Gasteiger partial charge is 0.482 e. The van der Waals surface area contributed by atoms with E-state index in [1.807, 2.05) is 72.1 Å². The summed E-state index contributed by atoms with van der Waals surface area (Å²) < 4.78 is 5.66. The average Bonchev–Trinajstić information content (AvgIpc) is 3.26. The Hall–Kier alpha value is -2.86. The molecule has 1 aliphatic heterocycles. The van der Waals surface area contributed by atoms with Crippen molar-refractivity contribution in [3.05, 3.63) is 87.7 Å². The minimum atomic E-state index is -0.0975. The van der Waals surface area contributed by atoms with Crippen LogP contribution in [0, 0.1) is 0 Å². The van der Waals surface area contributed by atoms with E-state index in [2.05, 4.69) is 0 Å². The number of thiazole rings is 1. The summed E-state index contributed by atoms with van der Waals surface area (Å²) in [5.74, 6) is 0.576. The summed E-state index contributed by atoms with van der Waals surface area (Å²) in [7, 11) is 0. The predicted octanol–water partition coefficient (Wildman–Crippen LogP) is 6.71. The van der Waals surface area contributed by atoms with Crippen molar-refractivity contribution in [3.63, 3.8) is 0 Å². The molecule has 0 aliphatic carbocycles. The Morgan fingerprint density at radius 2 is 1.90 bits per heavy atom. The Kier molecular flexibility index (Phi) is 5.40. The normalized spacial score (nSPS) is 13.1. The summed E-state index contributed by atoms with van der Waals surface area (Å²) in [4.78, 5) is 19.2. The third-order valence-electron chi connectivity index (χ3n) is 5.04. The fraction of sp³-hybridized carbons (Fsp3) is 0.0833. The quantitative estimate of drug-likeness (QED) is 0.335. The van der Waals surface area contributed by atoms with E-state index in [-0.39, 0.29) is 12.5 Å². The monoisotopic (exact) mass is 466 g/mol. The minimum Gasteiger partial charge on any atom is -0.482 e. The van der Waals surface area contributed by atoms with Gasteiger partial charge in [-0.3, -0.25) is 4.79 Å². The molecule has 4 aromatic rings. The van der Waals surface area contributed by atoms with Crippen LogP contribution in [0.4, 0.5) is 5.69 Å². The van der Waals surface area contributed by atoms with Gasteiger partial charge in [-0.25, -0.2) is 4.98 Å². The molecule has 0 atom stereocenters. The first-order chi connectivity index (χ1) is 15.1. The van der Waals surface area contributed by atoms with Gasteiger partial charge in [-0.2, -0.15) is 0 Å². The number of hydrogen-bond acceptors (Lipinski definition) is 4. The van der Waals surface area contributed by atoms with Gasteiger partial charge in [0.15, 0.2) is 6.61 Å². The molecule has 4 nitrogen and oxygen atoms in total. The van der Waals surface area contributed by atoms with Crippen LogP contribution in [0.3, 0.4) is 0 Å². The van der Waals surface area contributed by atoms with Gasteiger partial charge in [-0.05, 0) is 42.0 Å². The van der Waals surface area contributed by atoms with E-state index in [4.69, 9.17) is 32.9 Å². The molecule has 1 aliphatic rings. The van der Waals surface area contributed by atoms with E-state index >= 15 is 0 Å². The zero-order chi connectivity index (χ0) is 21.4. The number of nitrogens with zero attached hydrogens (tertiary/aromatic N) is 2. The summed E-state index contributed by atoms with van der Waals surface area (Å²) >= 11 is 14.0. The van der Waals surface area contributed by atoms with Gasteiger partial charge < -0.3 is 9.64 Å². The maximum atomic E-state index is 12.7. The zero-order valence-electron chi connectivity index (χ0n) is 16.2. The summed E-state index contributed by atoms with van der Waals surface area (Å²) in [6, 6.07) is 21.0. The van der Waals surface area contributed by atoms with E-state index in [0.29, 0.717) is 22.3 Å². The highest BCUT2D eigenvalue weighted by atomic mass is 35.5. The SMILES string of the molecule is O=C1COc2ccc(-c3csc(-c4ccccc4Cl)n3)cc2N1Cc1cccc(Cl)c1. The highest BCUT2D eigenvalue weighted by Crippen LogP contribution is 2.39. The maximum absolute atomic E-state index is 12.7. The molecular weight excluding hydrogens is 451 g/mol. The number of carbonyl (C=O) groups is 1. The molecule has 0 radical (unpaired) electrons. The van der Waals surface area contributed by atoms with Crippen LogP contribution < -0.4 is 9.64 Å². The van der Waals surface area contributed by atoms with Crippen LogP contribution in [0.2, 0.25) is 10.0 Å². The van der Waals surface area contributed by atoms with Gasteiger partial charge in [0.25, 0.3) is 5.91 Å². The topological polar surface area (TPSA) is 42.4 Å². The van der Waals surface area contributed by atoms with Crippen molar-refractivity contribution in [1.82, 2.24) is 4.98 Å². The molecule has 1 aromatic heterocycles. The van der Waals surface area contributed by atoms with Gasteiger partial charge in [0.05, 0.1) is 22.9 Å². The summed E-state index contributed by atoms with van der Waals surface area (Å²) in [5, 5.41) is 4.15. The van der Waals surface area contributed by atoms with Crippen molar-refractivity contribution in [3.8, 4) is 27.6 Å². The molecule has 0 spiro atoms. The number of benzene rings is 3. The Balaban J connectivity index is 1.50. The Morgan fingerprint density at radius 3 is 2.74 bits per heavy atom. The number of halogens is 2. The van der Waals surface area contributed by atoms with Gasteiger partial charge in [-0.1, -0.05) is 53.5 Å². The van der Waals surface area contributed by atoms with E-state index < -0.39 is 0 Å². The van der Waals surface area contributed by atoms with Crippen LogP contribution in [0.5, 0.6) is 5.75 Å². The molecule has 0 saturated carbocycles. The summed E-state index contributed by atoms with van der Waals surface area (Å²) in [6.07, 6.45) is 0. The van der Waals surface area contributed by atoms with Crippen LogP contribution in [-0.4, -0.2) is 17.5 Å². The molecule has 0 fully saturated rings. The number of amides is 1. The lowest BCUT2D eigenvalue weighted by Gasteiger charge is -2.30. The molecule has 2 heterocycles. The molecule has 31 heavy (non-hydrogen) atoms. The average molecular weight is 467 g/mol. The van der Waals surface area contributed by atoms with Crippen molar-refractivity contribution in [1.29, 1.82) is 0 Å². The number of aromatic nitrogens is 1. The second kappa shape index (κ2) is 8.35. The van der Waals surface area contributed by atoms with E-state index in [9.17, 15) is 4.79 Å². The fourth-order valence-corrected chi connectivity index (χ4v) is 4.88. The third kappa shape index (κ3) is 4.04. The first-order valence-electron chi connectivity index (χ1n) is 9.61. The molecule has 7 heteroatoms. The lowest BCUT2D eigenvalue weighted by atomic mass is 10.1. The van der Waals surface area contributed by atoms with Crippen LogP contribution in [0.1, 0.15) is 5.56 Å². The van der Waals surface area contributed by atoms with Gasteiger partial charge in [0, 0.05) is 21.5 Å². The van der Waals surface area contributed by atoms with Gasteiger partial charge in [0.1, 0.15) is 10.8 Å². The Labute approximate surface area is 193 Å². The molecule has 0 unspecified atom stereocenters. The van der Waals surface area contributed by atoms with E-state index in [1.54, 1.807) is 4.90 Å². The molecule has 1 amide bonds. The Morgan fingerprint density at radius 1 is 1.03 bits per heavy atom. The zero-order valence-corrected chi connectivity index (χ0v) is 18.5. The number of carbonyl (C=O) groups excluding carboxylic acids is 1. The van der Waals surface area contributed by atoms with Gasteiger partial charge in [0.2, 0.25) is 0 Å². The molecule has 0 N–H and O–H groups in total. The van der Waals surface area contributed by atoms with Crippen molar-refractivity contribution in [2.75, 3.05) is 11.5 Å². The molecule has 3 aromatic carbocycles. The summed E-state index contributed by atoms with van der Waals surface area (Å²) in [6.45, 7) is 0.432. The van der Waals surface area contributed by atoms with Crippen LogP contribution >= 0.6 is 34.5 Å². The number of fused-ring (bicyclic) bond motifs is 1. The minimum absolute atomic E-state index is 0.0142. The van der Waals surface area contributed by atoms with E-state index in [0.717, 1.165) is 33.1 Å². The molecule has 5 rings (SSSR count). The highest BCUT2D eigenvalue weighted by molar-refractivity contribution is 7.13. The number of anilines is 1. The third-order valence-corrected chi connectivity index (χ3v) is 6.48. The van der Waals surface area contributed by atoms with Gasteiger partial charge in [-0.15, -0.1) is 11.3 Å².